The molecule has 0 amide bonds. The molecule has 1 saturated heterocycles. The summed E-state index contributed by atoms with van der Waals surface area (Å²) in [7, 11) is 0. The standard InChI is InChI=1S/C19H31GeN2O.Se/c1-17(2,3)21-15-13-11-10-12-14-16(15)22(18(4,5)6)20(21)23-19(7,8)9;/h10-13H,1-9H3;/q;-1. The van der Waals surface area contributed by atoms with E-state index in [1.807, 2.05) is 12.2 Å². The van der Waals surface area contributed by atoms with Gasteiger partial charge in [0.1, 0.15) is 0 Å². The van der Waals surface area contributed by atoms with Crippen molar-refractivity contribution in [3.63, 3.8) is 0 Å². The van der Waals surface area contributed by atoms with Crippen molar-refractivity contribution >= 4 is 32.2 Å². The molecule has 0 N–H and O–H groups in total. The molecule has 0 aromatic carbocycles. The third-order valence-corrected chi connectivity index (χ3v) is 10.6. The Morgan fingerprint density at radius 2 is 1.42 bits per heavy atom. The van der Waals surface area contributed by atoms with Gasteiger partial charge in [-0.15, -0.1) is 0 Å². The van der Waals surface area contributed by atoms with Crippen LogP contribution in [0.5, 0.6) is 0 Å². The third-order valence-electron chi connectivity index (χ3n) is 3.51. The third kappa shape index (κ3) is 4.62. The largest absolute Gasteiger partial charge is 1.00 e. The second kappa shape index (κ2) is 7.09. The molecule has 0 unspecified atom stereocenters. The van der Waals surface area contributed by atoms with Crippen molar-refractivity contribution in [1.82, 2.24) is 7.71 Å². The molecule has 24 heavy (non-hydrogen) atoms. The first-order valence-corrected chi connectivity index (χ1v) is 11.1. The average Bonchev–Trinajstić information content (AvgIpc) is 2.46. The van der Waals surface area contributed by atoms with Crippen LogP contribution in [-0.4, -0.2) is 56.6 Å². The summed E-state index contributed by atoms with van der Waals surface area (Å²) in [4.78, 5) is 0. The van der Waals surface area contributed by atoms with Crippen molar-refractivity contribution in [2.75, 3.05) is 0 Å². The number of allylic oxidation sites excluding steroid dienone is 3. The summed E-state index contributed by atoms with van der Waals surface area (Å²) in [6.45, 7) is 20.1. The minimum absolute atomic E-state index is 0. The summed E-state index contributed by atoms with van der Waals surface area (Å²) in [5.74, 6) is 0. The Bertz CT molecular complexity index is 596. The van der Waals surface area contributed by atoms with Crippen LogP contribution in [-0.2, 0) is 3.76 Å². The van der Waals surface area contributed by atoms with E-state index in [9.17, 15) is 0 Å². The maximum Gasteiger partial charge on any atom is -1.00 e. The fraction of sp³-hybridized carbons (Fsp3) is 0.632. The molecule has 134 valence electrons. The Kier molecular flexibility index (Phi) is 6.40. The number of hydrogen-bond donors (Lipinski definition) is 0. The van der Waals surface area contributed by atoms with Gasteiger partial charge in [-0.05, 0) is 0 Å². The SMILES string of the molecule is CC(C)(C)[O][Ge]1[N](C(C)(C)C)C2=C=CC=CC=C2[N]1C(C)(C)C.[Se-]. The van der Waals surface area contributed by atoms with Gasteiger partial charge in [-0.2, -0.15) is 0 Å². The first-order valence-electron chi connectivity index (χ1n) is 8.33. The molecule has 0 atom stereocenters. The van der Waals surface area contributed by atoms with E-state index in [1.165, 1.54) is 11.4 Å². The van der Waals surface area contributed by atoms with Gasteiger partial charge in [-0.25, -0.2) is 0 Å². The van der Waals surface area contributed by atoms with Gasteiger partial charge < -0.3 is 17.1 Å². The fourth-order valence-corrected chi connectivity index (χ4v) is 8.72. The topological polar surface area (TPSA) is 15.7 Å². The number of nitrogens with zero attached hydrogens (tertiary/aromatic N) is 2. The van der Waals surface area contributed by atoms with E-state index in [1.54, 1.807) is 0 Å². The molecular weight excluding hydrogens is 424 g/mol. The fourth-order valence-electron chi connectivity index (χ4n) is 2.78. The van der Waals surface area contributed by atoms with Crippen LogP contribution in [0.4, 0.5) is 0 Å². The maximum atomic E-state index is 6.69. The van der Waals surface area contributed by atoms with Gasteiger partial charge in [-0.3, -0.25) is 0 Å². The van der Waals surface area contributed by atoms with Crippen LogP contribution in [0.15, 0.2) is 41.4 Å². The molecule has 5 heteroatoms. The van der Waals surface area contributed by atoms with Crippen LogP contribution >= 0.6 is 0 Å². The summed E-state index contributed by atoms with van der Waals surface area (Å²) in [6.07, 6.45) is 8.37. The molecule has 0 bridgehead atoms. The van der Waals surface area contributed by atoms with Crippen LogP contribution in [0.25, 0.3) is 0 Å². The quantitative estimate of drug-likeness (QED) is 0.438. The van der Waals surface area contributed by atoms with E-state index in [-0.39, 0.29) is 33.7 Å². The predicted octanol–water partition coefficient (Wildman–Crippen LogP) is 4.11. The molecule has 2 aliphatic rings. The predicted molar refractivity (Wildman–Crippen MR) is 104 cm³/mol. The first-order chi connectivity index (χ1) is 10.3. The molecule has 2 rings (SSSR count). The van der Waals surface area contributed by atoms with Crippen molar-refractivity contribution in [3.8, 4) is 0 Å². The summed E-state index contributed by atoms with van der Waals surface area (Å²) >= 11 is -2.22. The Morgan fingerprint density at radius 3 is 1.88 bits per heavy atom. The monoisotopic (exact) mass is 457 g/mol. The molecular formula is C19H31GeN2OSe-. The van der Waals surface area contributed by atoms with E-state index in [0.717, 1.165) is 0 Å². The zero-order chi connectivity index (χ0) is 17.6. The van der Waals surface area contributed by atoms with Crippen LogP contribution < -0.4 is 0 Å². The summed E-state index contributed by atoms with van der Waals surface area (Å²) in [5.41, 5.74) is 5.78. The van der Waals surface area contributed by atoms with Gasteiger partial charge in [0.05, 0.1) is 0 Å². The number of fused-ring (bicyclic) bond motifs is 1. The minimum atomic E-state index is -2.22. The first kappa shape index (κ1) is 21.7. The molecule has 2 radical (unpaired) electrons. The summed E-state index contributed by atoms with van der Waals surface area (Å²) in [5, 5.41) is 0. The van der Waals surface area contributed by atoms with Gasteiger partial charge >= 0.3 is 147 Å². The van der Waals surface area contributed by atoms with Crippen LogP contribution in [0.2, 0.25) is 0 Å². The maximum absolute atomic E-state index is 6.69. The van der Waals surface area contributed by atoms with Crippen LogP contribution in [0.1, 0.15) is 62.3 Å². The molecule has 0 spiro atoms. The number of rotatable bonds is 1. The molecule has 0 aromatic rings. The smallest absolute Gasteiger partial charge is 1.00 e. The van der Waals surface area contributed by atoms with Crippen molar-refractivity contribution in [3.05, 3.63) is 41.4 Å². The van der Waals surface area contributed by atoms with Crippen molar-refractivity contribution in [1.29, 1.82) is 0 Å². The van der Waals surface area contributed by atoms with Gasteiger partial charge in [0.25, 0.3) is 0 Å². The molecule has 1 aliphatic heterocycles. The van der Waals surface area contributed by atoms with E-state index in [2.05, 4.69) is 87.9 Å². The summed E-state index contributed by atoms with van der Waals surface area (Å²) < 4.78 is 11.7. The van der Waals surface area contributed by atoms with Crippen LogP contribution in [0, 0.1) is 0 Å². The normalized spacial score (nSPS) is 18.9. The Labute approximate surface area is 163 Å². The van der Waals surface area contributed by atoms with Crippen molar-refractivity contribution in [2.45, 2.75) is 79.0 Å². The average molecular weight is 455 g/mol. The second-order valence-electron chi connectivity index (χ2n) is 9.11. The molecule has 1 fully saturated rings. The Morgan fingerprint density at radius 1 is 0.875 bits per heavy atom. The number of hydrogen-bond acceptors (Lipinski definition) is 3. The van der Waals surface area contributed by atoms with Gasteiger partial charge in [-0.1, -0.05) is 0 Å². The van der Waals surface area contributed by atoms with E-state index >= 15 is 0 Å². The molecule has 3 nitrogen and oxygen atoms in total. The summed E-state index contributed by atoms with van der Waals surface area (Å²) in [6, 6.07) is 0. The van der Waals surface area contributed by atoms with Gasteiger partial charge in [0, 0.05) is 0 Å². The van der Waals surface area contributed by atoms with E-state index < -0.39 is 15.1 Å². The Hall–Kier alpha value is -0.378. The van der Waals surface area contributed by atoms with Crippen LogP contribution in [0.3, 0.4) is 0 Å². The van der Waals surface area contributed by atoms with Gasteiger partial charge in [0.2, 0.25) is 0 Å². The molecule has 0 aromatic heterocycles. The van der Waals surface area contributed by atoms with Gasteiger partial charge in [0.15, 0.2) is 0 Å². The van der Waals surface area contributed by atoms with E-state index in [4.69, 9.17) is 3.76 Å². The van der Waals surface area contributed by atoms with E-state index in [0.29, 0.717) is 0 Å². The Balaban J connectivity index is 0.00000288. The molecule has 1 aliphatic carbocycles. The van der Waals surface area contributed by atoms with Crippen molar-refractivity contribution in [2.24, 2.45) is 0 Å². The van der Waals surface area contributed by atoms with Crippen molar-refractivity contribution < 1.29 is 3.76 Å². The zero-order valence-corrected chi connectivity index (χ0v) is 20.3. The minimum Gasteiger partial charge on any atom is -1.00 e. The zero-order valence-electron chi connectivity index (χ0n) is 16.5. The molecule has 0 saturated carbocycles. The molecule has 1 heterocycles. The second-order valence-corrected chi connectivity index (χ2v) is 12.6.